The smallest absolute Gasteiger partial charge is 0.0117 e. The van der Waals surface area contributed by atoms with Crippen LogP contribution in [-0.4, -0.2) is 4.98 Å². The second-order valence-electron chi connectivity index (χ2n) is 5.97. The van der Waals surface area contributed by atoms with Gasteiger partial charge in [0.25, 0.3) is 0 Å². The maximum absolute atomic E-state index is 3.14. The number of nitrogens with one attached hydrogen (secondary N) is 1. The van der Waals surface area contributed by atoms with Crippen LogP contribution in [0.2, 0.25) is 0 Å². The van der Waals surface area contributed by atoms with E-state index in [0.29, 0.717) is 0 Å². The predicted octanol–water partition coefficient (Wildman–Crippen LogP) is 6.92. The van der Waals surface area contributed by atoms with E-state index in [9.17, 15) is 0 Å². The third-order valence-electron chi connectivity index (χ3n) is 2.60. The molecular weight excluding hydrogens is 286 g/mol. The van der Waals surface area contributed by atoms with Gasteiger partial charge in [-0.25, -0.2) is 0 Å². The Morgan fingerprint density at radius 2 is 1.09 bits per heavy atom. The predicted molar refractivity (Wildman–Crippen MR) is 103 cm³/mol. The summed E-state index contributed by atoms with van der Waals surface area (Å²) in [6.07, 6.45) is 4.24. The molecule has 0 unspecified atom stereocenters. The van der Waals surface area contributed by atoms with Crippen LogP contribution in [0.25, 0.3) is 0 Å². The first-order valence-corrected chi connectivity index (χ1v) is 8.46. The molecule has 0 saturated heterocycles. The molecule has 0 aliphatic carbocycles. The van der Waals surface area contributed by atoms with Crippen LogP contribution in [0.3, 0.4) is 0 Å². The third kappa shape index (κ3) is 12.2. The van der Waals surface area contributed by atoms with Gasteiger partial charge in [-0.2, -0.15) is 0 Å². The monoisotopic (exact) mass is 317 g/mol. The highest BCUT2D eigenvalue weighted by atomic mass is 32.1. The molecule has 0 radical (unpaired) electrons. The van der Waals surface area contributed by atoms with E-state index in [4.69, 9.17) is 0 Å². The van der Waals surface area contributed by atoms with Gasteiger partial charge in [0, 0.05) is 21.1 Å². The molecule has 2 aromatic heterocycles. The number of allylic oxidation sites excluding steroid dienone is 4. The van der Waals surface area contributed by atoms with E-state index in [1.807, 2.05) is 25.2 Å². The largest absolute Gasteiger partial charge is 0.363 e. The van der Waals surface area contributed by atoms with E-state index in [2.05, 4.69) is 82.9 Å². The number of rotatable bonds is 1. The van der Waals surface area contributed by atoms with E-state index in [1.54, 1.807) is 0 Å². The Labute approximate surface area is 140 Å². The van der Waals surface area contributed by atoms with Gasteiger partial charge in [0.2, 0.25) is 0 Å². The second kappa shape index (κ2) is 11.1. The maximum atomic E-state index is 3.14. The van der Waals surface area contributed by atoms with Gasteiger partial charge in [-0.3, -0.25) is 0 Å². The highest BCUT2D eigenvalue weighted by Crippen LogP contribution is 2.12. The number of aryl methyl sites for hydroxylation is 4. The first-order chi connectivity index (χ1) is 10.2. The van der Waals surface area contributed by atoms with Crippen LogP contribution in [0.1, 0.15) is 48.8 Å². The van der Waals surface area contributed by atoms with Crippen molar-refractivity contribution in [2.24, 2.45) is 0 Å². The van der Waals surface area contributed by atoms with Crippen molar-refractivity contribution in [3.63, 3.8) is 0 Å². The first-order valence-electron chi connectivity index (χ1n) is 7.64. The quantitative estimate of drug-likeness (QED) is 0.550. The van der Waals surface area contributed by atoms with Gasteiger partial charge in [-0.05, 0) is 79.7 Å². The Hall–Kier alpha value is -1.54. The molecule has 0 amide bonds. The molecule has 2 heteroatoms. The lowest BCUT2D eigenvalue weighted by molar-refractivity contribution is 1.19. The zero-order chi connectivity index (χ0) is 17.1. The Kier molecular flexibility index (Phi) is 10.3. The van der Waals surface area contributed by atoms with Crippen molar-refractivity contribution in [1.29, 1.82) is 0 Å². The Morgan fingerprint density at radius 1 is 0.727 bits per heavy atom. The Bertz CT molecular complexity index is 502. The molecular formula is C20H31NS. The van der Waals surface area contributed by atoms with Crippen LogP contribution >= 0.6 is 11.3 Å². The summed E-state index contributed by atoms with van der Waals surface area (Å²) >= 11 is 1.84. The summed E-state index contributed by atoms with van der Waals surface area (Å²) in [7, 11) is 0. The molecule has 0 aliphatic heterocycles. The van der Waals surface area contributed by atoms with Crippen molar-refractivity contribution in [2.75, 3.05) is 0 Å². The number of hydrogen-bond donors (Lipinski definition) is 1. The van der Waals surface area contributed by atoms with Crippen LogP contribution < -0.4 is 0 Å². The summed E-state index contributed by atoms with van der Waals surface area (Å²) < 4.78 is 0. The number of hydrogen-bond acceptors (Lipinski definition) is 1. The van der Waals surface area contributed by atoms with Gasteiger partial charge in [0.15, 0.2) is 0 Å². The Balaban J connectivity index is 0.000000301. The molecule has 0 bridgehead atoms. The van der Waals surface area contributed by atoms with Crippen LogP contribution in [0.5, 0.6) is 0 Å². The lowest BCUT2D eigenvalue weighted by Crippen LogP contribution is -1.67. The average molecular weight is 318 g/mol. The van der Waals surface area contributed by atoms with Crippen LogP contribution in [0, 0.1) is 27.7 Å². The topological polar surface area (TPSA) is 15.8 Å². The zero-order valence-electron chi connectivity index (χ0n) is 15.4. The van der Waals surface area contributed by atoms with Crippen LogP contribution in [0.15, 0.2) is 47.6 Å². The molecule has 1 N–H and O–H groups in total. The van der Waals surface area contributed by atoms with Crippen molar-refractivity contribution in [2.45, 2.75) is 55.4 Å². The molecule has 0 aliphatic rings. The molecule has 2 rings (SSSR count). The molecule has 2 heterocycles. The summed E-state index contributed by atoms with van der Waals surface area (Å²) in [5, 5.41) is 0. The molecule has 0 atom stereocenters. The molecule has 22 heavy (non-hydrogen) atoms. The molecule has 0 saturated carbocycles. The standard InChI is InChI=1S/C8H14.C6H9N.C6H8S/c1-7(2)5-6-8(3)4;2*1-5-3-4-6(2)7-5/h5-6H,1-4H3;3-4,7H,1-2H3;3-4H,1-2H3. The SMILES string of the molecule is CC(C)=CC=C(C)C.Cc1ccc(C)[nH]1.Cc1ccc(C)s1. The minimum atomic E-state index is 1.23. The van der Waals surface area contributed by atoms with Crippen molar-refractivity contribution in [3.05, 3.63) is 68.7 Å². The second-order valence-corrected chi connectivity index (χ2v) is 7.46. The van der Waals surface area contributed by atoms with Crippen molar-refractivity contribution >= 4 is 11.3 Å². The van der Waals surface area contributed by atoms with Gasteiger partial charge in [0.05, 0.1) is 0 Å². The fourth-order valence-corrected chi connectivity index (χ4v) is 2.31. The van der Waals surface area contributed by atoms with Crippen molar-refractivity contribution < 1.29 is 0 Å². The zero-order valence-corrected chi connectivity index (χ0v) is 16.2. The van der Waals surface area contributed by atoms with Gasteiger partial charge in [-0.1, -0.05) is 23.3 Å². The Morgan fingerprint density at radius 3 is 1.23 bits per heavy atom. The number of aromatic nitrogens is 1. The van der Waals surface area contributed by atoms with E-state index in [0.717, 1.165) is 0 Å². The molecule has 1 nitrogen and oxygen atoms in total. The molecule has 0 fully saturated rings. The lowest BCUT2D eigenvalue weighted by atomic mass is 10.2. The van der Waals surface area contributed by atoms with Gasteiger partial charge in [0.1, 0.15) is 0 Å². The number of thiophene rings is 1. The van der Waals surface area contributed by atoms with E-state index in [-0.39, 0.29) is 0 Å². The van der Waals surface area contributed by atoms with E-state index in [1.165, 1.54) is 32.3 Å². The normalized spacial score (nSPS) is 8.91. The minimum absolute atomic E-state index is 1.23. The molecule has 2 aromatic rings. The summed E-state index contributed by atoms with van der Waals surface area (Å²) in [5.74, 6) is 0. The van der Waals surface area contributed by atoms with Gasteiger partial charge >= 0.3 is 0 Å². The lowest BCUT2D eigenvalue weighted by Gasteiger charge is -1.84. The summed E-state index contributed by atoms with van der Waals surface area (Å²) in [6, 6.07) is 8.41. The summed E-state index contributed by atoms with van der Waals surface area (Å²) in [6.45, 7) is 16.7. The average Bonchev–Trinajstić information content (AvgIpc) is 2.96. The van der Waals surface area contributed by atoms with Crippen LogP contribution in [-0.2, 0) is 0 Å². The van der Waals surface area contributed by atoms with Gasteiger partial charge in [-0.15, -0.1) is 11.3 Å². The maximum Gasteiger partial charge on any atom is 0.0117 e. The van der Waals surface area contributed by atoms with Crippen LogP contribution in [0.4, 0.5) is 0 Å². The van der Waals surface area contributed by atoms with E-state index < -0.39 is 0 Å². The first kappa shape index (κ1) is 20.5. The van der Waals surface area contributed by atoms with Crippen molar-refractivity contribution in [1.82, 2.24) is 4.98 Å². The highest BCUT2D eigenvalue weighted by Gasteiger charge is 1.84. The fourth-order valence-electron chi connectivity index (χ4n) is 1.53. The molecule has 0 spiro atoms. The van der Waals surface area contributed by atoms with E-state index >= 15 is 0 Å². The summed E-state index contributed by atoms with van der Waals surface area (Å²) in [5.41, 5.74) is 5.17. The fraction of sp³-hybridized carbons (Fsp3) is 0.400. The van der Waals surface area contributed by atoms with Crippen molar-refractivity contribution in [3.8, 4) is 0 Å². The summed E-state index contributed by atoms with van der Waals surface area (Å²) in [4.78, 5) is 5.94. The number of H-pyrrole nitrogens is 1. The third-order valence-corrected chi connectivity index (χ3v) is 3.52. The molecule has 122 valence electrons. The molecule has 0 aromatic carbocycles. The number of aromatic amines is 1. The minimum Gasteiger partial charge on any atom is -0.363 e. The van der Waals surface area contributed by atoms with Gasteiger partial charge < -0.3 is 4.98 Å². The highest BCUT2D eigenvalue weighted by molar-refractivity contribution is 7.11.